The minimum atomic E-state index is -0.139. The van der Waals surface area contributed by atoms with E-state index >= 15 is 0 Å². The standard InChI is InChI=1S/C18H16N6O2S/c1-26-14-4-11(6-20-8-14)7-21-17(25)15-5-13(10-27-15)12-2-3-16-22-18(19)23-24(16)9-12/h2-6,8-10H,7H2,1H3,(H2,19,23)(H,21,25). The van der Waals surface area contributed by atoms with Crippen LogP contribution in [0.2, 0.25) is 0 Å². The molecule has 0 saturated carbocycles. The Labute approximate surface area is 158 Å². The van der Waals surface area contributed by atoms with Crippen LogP contribution in [0.5, 0.6) is 5.75 Å². The maximum Gasteiger partial charge on any atom is 0.261 e. The van der Waals surface area contributed by atoms with Gasteiger partial charge in [0, 0.05) is 24.5 Å². The molecule has 0 spiro atoms. The number of fused-ring (bicyclic) bond motifs is 1. The summed E-state index contributed by atoms with van der Waals surface area (Å²) in [7, 11) is 1.58. The van der Waals surface area contributed by atoms with E-state index in [9.17, 15) is 4.79 Å². The molecule has 4 rings (SSSR count). The Kier molecular flexibility index (Phi) is 4.43. The number of carbonyl (C=O) groups is 1. The van der Waals surface area contributed by atoms with Crippen molar-refractivity contribution in [3.8, 4) is 16.9 Å². The molecule has 8 nitrogen and oxygen atoms in total. The molecular formula is C18H16N6O2S. The van der Waals surface area contributed by atoms with Crippen LogP contribution in [-0.4, -0.2) is 32.6 Å². The van der Waals surface area contributed by atoms with Gasteiger partial charge in [-0.2, -0.15) is 4.98 Å². The molecule has 0 atom stereocenters. The van der Waals surface area contributed by atoms with Gasteiger partial charge in [0.1, 0.15) is 5.75 Å². The number of pyridine rings is 2. The molecule has 0 unspecified atom stereocenters. The minimum Gasteiger partial charge on any atom is -0.495 e. The summed E-state index contributed by atoms with van der Waals surface area (Å²) in [6.45, 7) is 0.375. The van der Waals surface area contributed by atoms with Crippen molar-refractivity contribution >= 4 is 28.8 Å². The van der Waals surface area contributed by atoms with Crippen LogP contribution >= 0.6 is 11.3 Å². The van der Waals surface area contributed by atoms with Crippen LogP contribution in [0.4, 0.5) is 5.95 Å². The second-order valence-electron chi connectivity index (χ2n) is 5.81. The van der Waals surface area contributed by atoms with Crippen LogP contribution in [-0.2, 0) is 6.54 Å². The van der Waals surface area contributed by atoms with Crippen molar-refractivity contribution in [3.05, 3.63) is 58.7 Å². The Balaban J connectivity index is 1.48. The zero-order valence-electron chi connectivity index (χ0n) is 14.4. The van der Waals surface area contributed by atoms with E-state index in [0.717, 1.165) is 16.7 Å². The topological polar surface area (TPSA) is 107 Å². The first-order valence-corrected chi connectivity index (χ1v) is 8.97. The molecule has 0 saturated heterocycles. The largest absolute Gasteiger partial charge is 0.495 e. The third-order valence-corrected chi connectivity index (χ3v) is 4.89. The fourth-order valence-electron chi connectivity index (χ4n) is 2.62. The number of methoxy groups -OCH3 is 1. The number of nitrogens with one attached hydrogen (secondary N) is 1. The van der Waals surface area contributed by atoms with Gasteiger partial charge in [0.05, 0.1) is 18.2 Å². The molecule has 0 aromatic carbocycles. The van der Waals surface area contributed by atoms with Crippen molar-refractivity contribution in [2.75, 3.05) is 12.8 Å². The lowest BCUT2D eigenvalue weighted by Crippen LogP contribution is -2.21. The van der Waals surface area contributed by atoms with Crippen LogP contribution in [0.1, 0.15) is 15.2 Å². The third kappa shape index (κ3) is 3.58. The lowest BCUT2D eigenvalue weighted by molar-refractivity contribution is 0.0955. The van der Waals surface area contributed by atoms with Gasteiger partial charge in [0.2, 0.25) is 5.95 Å². The van der Waals surface area contributed by atoms with Crippen molar-refractivity contribution in [2.24, 2.45) is 0 Å². The SMILES string of the molecule is COc1cncc(CNC(=O)c2cc(-c3ccc4nc(N)nn4c3)cs2)c1. The van der Waals surface area contributed by atoms with E-state index in [0.29, 0.717) is 22.8 Å². The third-order valence-electron chi connectivity index (χ3n) is 3.96. The first-order chi connectivity index (χ1) is 13.1. The molecule has 136 valence electrons. The van der Waals surface area contributed by atoms with E-state index in [4.69, 9.17) is 10.5 Å². The number of hydrogen-bond acceptors (Lipinski definition) is 7. The van der Waals surface area contributed by atoms with Crippen LogP contribution in [0.15, 0.2) is 48.2 Å². The zero-order chi connectivity index (χ0) is 18.8. The van der Waals surface area contributed by atoms with Crippen molar-refractivity contribution in [2.45, 2.75) is 6.54 Å². The van der Waals surface area contributed by atoms with Gasteiger partial charge >= 0.3 is 0 Å². The number of rotatable bonds is 5. The Bertz CT molecular complexity index is 1120. The number of anilines is 1. The van der Waals surface area contributed by atoms with E-state index in [2.05, 4.69) is 20.4 Å². The van der Waals surface area contributed by atoms with Crippen molar-refractivity contribution in [1.82, 2.24) is 24.9 Å². The number of nitrogen functional groups attached to an aromatic ring is 1. The van der Waals surface area contributed by atoms with Crippen molar-refractivity contribution in [3.63, 3.8) is 0 Å². The summed E-state index contributed by atoms with van der Waals surface area (Å²) in [6.07, 6.45) is 5.16. The molecule has 27 heavy (non-hydrogen) atoms. The fraction of sp³-hybridized carbons (Fsp3) is 0.111. The minimum absolute atomic E-state index is 0.139. The highest BCUT2D eigenvalue weighted by Gasteiger charge is 2.11. The second-order valence-corrected chi connectivity index (χ2v) is 6.72. The molecular weight excluding hydrogens is 364 g/mol. The predicted octanol–water partition coefficient (Wildman–Crippen LogP) is 2.37. The highest BCUT2D eigenvalue weighted by Crippen LogP contribution is 2.26. The molecule has 4 aromatic heterocycles. The maximum atomic E-state index is 12.4. The number of amides is 1. The Morgan fingerprint density at radius 2 is 2.19 bits per heavy atom. The van der Waals surface area contributed by atoms with Gasteiger partial charge in [-0.25, -0.2) is 4.52 Å². The molecule has 1 amide bonds. The van der Waals surface area contributed by atoms with E-state index in [1.54, 1.807) is 24.0 Å². The summed E-state index contributed by atoms with van der Waals surface area (Å²) in [4.78, 5) is 21.2. The highest BCUT2D eigenvalue weighted by atomic mass is 32.1. The first-order valence-electron chi connectivity index (χ1n) is 8.09. The number of thiophene rings is 1. The van der Waals surface area contributed by atoms with Gasteiger partial charge < -0.3 is 15.8 Å². The number of ether oxygens (including phenoxy) is 1. The number of aromatic nitrogens is 4. The normalized spacial score (nSPS) is 10.9. The van der Waals surface area contributed by atoms with E-state index in [1.165, 1.54) is 11.3 Å². The number of hydrogen-bond donors (Lipinski definition) is 2. The monoisotopic (exact) mass is 380 g/mol. The van der Waals surface area contributed by atoms with Gasteiger partial charge in [-0.1, -0.05) is 0 Å². The quantitative estimate of drug-likeness (QED) is 0.550. The molecule has 4 heterocycles. The molecule has 0 fully saturated rings. The lowest BCUT2D eigenvalue weighted by atomic mass is 10.1. The molecule has 0 radical (unpaired) electrons. The van der Waals surface area contributed by atoms with Crippen LogP contribution in [0.3, 0.4) is 0 Å². The first kappa shape index (κ1) is 17.0. The summed E-state index contributed by atoms with van der Waals surface area (Å²) in [5.41, 5.74) is 9.03. The second kappa shape index (κ2) is 7.04. The summed E-state index contributed by atoms with van der Waals surface area (Å²) in [6, 6.07) is 7.46. The highest BCUT2D eigenvalue weighted by molar-refractivity contribution is 7.12. The van der Waals surface area contributed by atoms with E-state index < -0.39 is 0 Å². The number of nitrogens with zero attached hydrogens (tertiary/aromatic N) is 4. The molecule has 3 N–H and O–H groups in total. The van der Waals surface area contributed by atoms with Gasteiger partial charge in [-0.3, -0.25) is 9.78 Å². The lowest BCUT2D eigenvalue weighted by Gasteiger charge is -2.05. The van der Waals surface area contributed by atoms with Crippen LogP contribution in [0.25, 0.3) is 16.8 Å². The predicted molar refractivity (Wildman–Crippen MR) is 103 cm³/mol. The average Bonchev–Trinajstić information content (AvgIpc) is 3.31. The smallest absolute Gasteiger partial charge is 0.261 e. The Hall–Kier alpha value is -3.46. The van der Waals surface area contributed by atoms with E-state index in [1.807, 2.05) is 35.8 Å². The van der Waals surface area contributed by atoms with Gasteiger partial charge in [0.15, 0.2) is 5.65 Å². The molecule has 0 aliphatic rings. The van der Waals surface area contributed by atoms with Gasteiger partial charge in [0.25, 0.3) is 5.91 Å². The Morgan fingerprint density at radius 3 is 3.04 bits per heavy atom. The van der Waals surface area contributed by atoms with Gasteiger partial charge in [-0.05, 0) is 40.8 Å². The summed E-state index contributed by atoms with van der Waals surface area (Å²) in [5, 5.41) is 8.94. The van der Waals surface area contributed by atoms with Crippen molar-refractivity contribution < 1.29 is 9.53 Å². The summed E-state index contributed by atoms with van der Waals surface area (Å²) < 4.78 is 6.76. The maximum absolute atomic E-state index is 12.4. The summed E-state index contributed by atoms with van der Waals surface area (Å²) in [5.74, 6) is 0.744. The zero-order valence-corrected chi connectivity index (χ0v) is 15.2. The molecule has 0 aliphatic heterocycles. The van der Waals surface area contributed by atoms with Crippen LogP contribution < -0.4 is 15.8 Å². The summed E-state index contributed by atoms with van der Waals surface area (Å²) >= 11 is 1.38. The average molecular weight is 380 g/mol. The van der Waals surface area contributed by atoms with Crippen LogP contribution in [0, 0.1) is 0 Å². The number of carbonyl (C=O) groups excluding carboxylic acids is 1. The number of nitrogens with two attached hydrogens (primary N) is 1. The molecule has 0 aliphatic carbocycles. The fourth-order valence-corrected chi connectivity index (χ4v) is 3.45. The van der Waals surface area contributed by atoms with Crippen molar-refractivity contribution in [1.29, 1.82) is 0 Å². The Morgan fingerprint density at radius 1 is 1.30 bits per heavy atom. The molecule has 9 heteroatoms. The van der Waals surface area contributed by atoms with Gasteiger partial charge in [-0.15, -0.1) is 16.4 Å². The molecule has 0 bridgehead atoms. The van der Waals surface area contributed by atoms with E-state index in [-0.39, 0.29) is 11.9 Å². The molecule has 4 aromatic rings.